The van der Waals surface area contributed by atoms with Gasteiger partial charge in [-0.3, -0.25) is 4.68 Å². The molecular formula is C11H17ClN2. The Bertz CT molecular complexity index is 300. The number of hydrogen-bond donors (Lipinski definition) is 0. The van der Waals surface area contributed by atoms with Crippen LogP contribution in [0.25, 0.3) is 0 Å². The van der Waals surface area contributed by atoms with Crippen LogP contribution in [0.15, 0.2) is 6.07 Å². The zero-order valence-corrected chi connectivity index (χ0v) is 9.43. The van der Waals surface area contributed by atoms with Gasteiger partial charge in [0.05, 0.1) is 11.7 Å². The molecule has 2 rings (SSSR count). The molecular weight excluding hydrogens is 196 g/mol. The first-order chi connectivity index (χ1) is 6.81. The van der Waals surface area contributed by atoms with Crippen molar-refractivity contribution >= 4 is 11.6 Å². The van der Waals surface area contributed by atoms with E-state index in [0.717, 1.165) is 17.3 Å². The first-order valence-electron chi connectivity index (χ1n) is 5.55. The van der Waals surface area contributed by atoms with Crippen LogP contribution in [-0.4, -0.2) is 9.78 Å². The Morgan fingerprint density at radius 1 is 1.43 bits per heavy atom. The maximum Gasteiger partial charge on any atom is 0.127 e. The van der Waals surface area contributed by atoms with Gasteiger partial charge >= 0.3 is 0 Å². The summed E-state index contributed by atoms with van der Waals surface area (Å²) in [6, 6.07) is 2.55. The third-order valence-electron chi connectivity index (χ3n) is 3.02. The van der Waals surface area contributed by atoms with Crippen molar-refractivity contribution in [3.63, 3.8) is 0 Å². The summed E-state index contributed by atoms with van der Waals surface area (Å²) >= 11 is 6.16. The highest BCUT2D eigenvalue weighted by atomic mass is 35.5. The molecule has 0 unspecified atom stereocenters. The average molecular weight is 213 g/mol. The van der Waals surface area contributed by atoms with Gasteiger partial charge in [-0.25, -0.2) is 0 Å². The van der Waals surface area contributed by atoms with Crippen LogP contribution in [0, 0.1) is 0 Å². The zero-order chi connectivity index (χ0) is 9.97. The van der Waals surface area contributed by atoms with E-state index in [1.165, 1.54) is 32.1 Å². The number of halogens is 1. The van der Waals surface area contributed by atoms with Crippen molar-refractivity contribution in [1.29, 1.82) is 0 Å². The number of rotatable bonds is 2. The molecule has 1 fully saturated rings. The van der Waals surface area contributed by atoms with Gasteiger partial charge in [0, 0.05) is 0 Å². The minimum atomic E-state index is 0.552. The van der Waals surface area contributed by atoms with Gasteiger partial charge in [0.1, 0.15) is 5.15 Å². The van der Waals surface area contributed by atoms with Gasteiger partial charge in [-0.15, -0.1) is 0 Å². The highest BCUT2D eigenvalue weighted by molar-refractivity contribution is 6.29. The van der Waals surface area contributed by atoms with Crippen molar-refractivity contribution < 1.29 is 0 Å². The van der Waals surface area contributed by atoms with Crippen LogP contribution in [0.1, 0.15) is 50.8 Å². The molecule has 1 aliphatic rings. The largest absolute Gasteiger partial charge is 0.251 e. The molecule has 1 aliphatic carbocycles. The Morgan fingerprint density at radius 2 is 2.14 bits per heavy atom. The summed E-state index contributed by atoms with van der Waals surface area (Å²) in [5.74, 6) is 0. The second-order valence-electron chi connectivity index (χ2n) is 4.05. The van der Waals surface area contributed by atoms with Crippen LogP contribution in [0.3, 0.4) is 0 Å². The molecule has 0 aliphatic heterocycles. The van der Waals surface area contributed by atoms with E-state index in [1.807, 2.05) is 10.7 Å². The Balaban J connectivity index is 2.17. The first-order valence-corrected chi connectivity index (χ1v) is 5.93. The minimum Gasteiger partial charge on any atom is -0.251 e. The molecule has 0 radical (unpaired) electrons. The summed E-state index contributed by atoms with van der Waals surface area (Å²) in [6.07, 6.45) is 7.47. The zero-order valence-electron chi connectivity index (χ0n) is 8.67. The normalized spacial score (nSPS) is 18.7. The molecule has 1 aromatic heterocycles. The van der Waals surface area contributed by atoms with Crippen LogP contribution in [0.4, 0.5) is 0 Å². The molecule has 3 heteroatoms. The molecule has 0 aromatic carbocycles. The van der Waals surface area contributed by atoms with Gasteiger partial charge in [-0.05, 0) is 25.3 Å². The van der Waals surface area contributed by atoms with E-state index in [0.29, 0.717) is 6.04 Å². The number of nitrogens with zero attached hydrogens (tertiary/aromatic N) is 2. The lowest BCUT2D eigenvalue weighted by atomic mass is 9.96. The molecule has 0 N–H and O–H groups in total. The summed E-state index contributed by atoms with van der Waals surface area (Å²) < 4.78 is 2.03. The summed E-state index contributed by atoms with van der Waals surface area (Å²) in [6.45, 7) is 2.11. The third kappa shape index (κ3) is 1.95. The van der Waals surface area contributed by atoms with Crippen molar-refractivity contribution in [1.82, 2.24) is 9.78 Å². The second-order valence-corrected chi connectivity index (χ2v) is 4.44. The van der Waals surface area contributed by atoms with Gasteiger partial charge in [0.2, 0.25) is 0 Å². The Hall–Kier alpha value is -0.500. The summed E-state index contributed by atoms with van der Waals surface area (Å²) in [7, 11) is 0. The molecule has 0 saturated heterocycles. The van der Waals surface area contributed by atoms with E-state index in [4.69, 9.17) is 11.6 Å². The SMILES string of the molecule is CCc1cc(Cl)n(C2CCCCC2)n1. The Labute approximate surface area is 90.3 Å². The van der Waals surface area contributed by atoms with E-state index >= 15 is 0 Å². The predicted octanol–water partition coefficient (Wildman–Crippen LogP) is 3.60. The van der Waals surface area contributed by atoms with E-state index < -0.39 is 0 Å². The van der Waals surface area contributed by atoms with Crippen LogP contribution in [0.5, 0.6) is 0 Å². The molecule has 14 heavy (non-hydrogen) atoms. The predicted molar refractivity (Wildman–Crippen MR) is 58.7 cm³/mol. The quantitative estimate of drug-likeness (QED) is 0.733. The van der Waals surface area contributed by atoms with Gasteiger partial charge in [0.25, 0.3) is 0 Å². The number of hydrogen-bond acceptors (Lipinski definition) is 1. The smallest absolute Gasteiger partial charge is 0.127 e. The van der Waals surface area contributed by atoms with Crippen molar-refractivity contribution in [2.24, 2.45) is 0 Å². The molecule has 0 spiro atoms. The van der Waals surface area contributed by atoms with E-state index in [9.17, 15) is 0 Å². The molecule has 1 aromatic rings. The molecule has 78 valence electrons. The molecule has 0 bridgehead atoms. The fourth-order valence-corrected chi connectivity index (χ4v) is 2.47. The van der Waals surface area contributed by atoms with E-state index in [2.05, 4.69) is 12.0 Å². The molecule has 1 saturated carbocycles. The Morgan fingerprint density at radius 3 is 2.71 bits per heavy atom. The van der Waals surface area contributed by atoms with Crippen molar-refractivity contribution in [3.05, 3.63) is 16.9 Å². The molecule has 1 heterocycles. The van der Waals surface area contributed by atoms with Gasteiger partial charge in [0.15, 0.2) is 0 Å². The monoisotopic (exact) mass is 212 g/mol. The summed E-state index contributed by atoms with van der Waals surface area (Å²) in [5.41, 5.74) is 1.11. The lowest BCUT2D eigenvalue weighted by molar-refractivity contribution is 0.328. The van der Waals surface area contributed by atoms with Crippen LogP contribution in [0.2, 0.25) is 5.15 Å². The maximum absolute atomic E-state index is 6.16. The van der Waals surface area contributed by atoms with E-state index in [-0.39, 0.29) is 0 Å². The molecule has 0 atom stereocenters. The second kappa shape index (κ2) is 4.35. The third-order valence-corrected chi connectivity index (χ3v) is 3.31. The molecule has 0 amide bonds. The lowest BCUT2D eigenvalue weighted by Gasteiger charge is -2.22. The first kappa shape index (κ1) is 10.0. The molecule has 2 nitrogen and oxygen atoms in total. The number of aryl methyl sites for hydroxylation is 1. The van der Waals surface area contributed by atoms with Gasteiger partial charge in [-0.2, -0.15) is 5.10 Å². The van der Waals surface area contributed by atoms with Crippen molar-refractivity contribution in [3.8, 4) is 0 Å². The van der Waals surface area contributed by atoms with Crippen molar-refractivity contribution in [2.45, 2.75) is 51.5 Å². The average Bonchev–Trinajstić information content (AvgIpc) is 2.61. The van der Waals surface area contributed by atoms with Gasteiger partial charge < -0.3 is 0 Å². The van der Waals surface area contributed by atoms with Crippen LogP contribution >= 0.6 is 11.6 Å². The topological polar surface area (TPSA) is 17.8 Å². The van der Waals surface area contributed by atoms with Crippen molar-refractivity contribution in [2.75, 3.05) is 0 Å². The maximum atomic E-state index is 6.16. The fourth-order valence-electron chi connectivity index (χ4n) is 2.17. The summed E-state index contributed by atoms with van der Waals surface area (Å²) in [5, 5.41) is 5.35. The highest BCUT2D eigenvalue weighted by Gasteiger charge is 2.18. The van der Waals surface area contributed by atoms with Crippen LogP contribution in [-0.2, 0) is 6.42 Å². The van der Waals surface area contributed by atoms with Gasteiger partial charge in [-0.1, -0.05) is 37.8 Å². The van der Waals surface area contributed by atoms with Crippen LogP contribution < -0.4 is 0 Å². The standard InChI is InChI=1S/C11H17ClN2/c1-2-9-8-11(12)14(13-9)10-6-4-3-5-7-10/h8,10H,2-7H2,1H3. The number of aromatic nitrogens is 2. The highest BCUT2D eigenvalue weighted by Crippen LogP contribution is 2.30. The summed E-state index contributed by atoms with van der Waals surface area (Å²) in [4.78, 5) is 0. The minimum absolute atomic E-state index is 0.552. The van der Waals surface area contributed by atoms with E-state index in [1.54, 1.807) is 0 Å². The lowest BCUT2D eigenvalue weighted by Crippen LogP contribution is -2.14. The fraction of sp³-hybridized carbons (Fsp3) is 0.727. The Kier molecular flexibility index (Phi) is 3.12.